The SMILES string of the molecule is CCOC(=O)c1sc(OCC)nc1-c1cccc(C(F)(F)F)c1. The Hall–Kier alpha value is -2.09. The Morgan fingerprint density at radius 1 is 1.26 bits per heavy atom. The predicted molar refractivity (Wildman–Crippen MR) is 79.7 cm³/mol. The molecule has 1 aromatic carbocycles. The maximum atomic E-state index is 12.9. The maximum Gasteiger partial charge on any atom is 0.416 e. The van der Waals surface area contributed by atoms with Gasteiger partial charge in [-0.25, -0.2) is 9.78 Å². The highest BCUT2D eigenvalue weighted by Crippen LogP contribution is 2.36. The van der Waals surface area contributed by atoms with E-state index in [0.29, 0.717) is 6.61 Å². The molecule has 4 nitrogen and oxygen atoms in total. The third-order valence-corrected chi connectivity index (χ3v) is 3.75. The molecule has 0 fully saturated rings. The number of carbonyl (C=O) groups is 1. The van der Waals surface area contributed by atoms with E-state index in [9.17, 15) is 18.0 Å². The molecule has 23 heavy (non-hydrogen) atoms. The van der Waals surface area contributed by atoms with E-state index < -0.39 is 17.7 Å². The van der Waals surface area contributed by atoms with Gasteiger partial charge in [0.15, 0.2) is 0 Å². The molecule has 0 N–H and O–H groups in total. The molecule has 2 aromatic rings. The Balaban J connectivity index is 2.51. The highest BCUT2D eigenvalue weighted by Gasteiger charge is 2.31. The first kappa shape index (κ1) is 17.3. The number of rotatable bonds is 5. The topological polar surface area (TPSA) is 48.4 Å². The van der Waals surface area contributed by atoms with E-state index in [1.807, 2.05) is 0 Å². The number of esters is 1. The van der Waals surface area contributed by atoms with Gasteiger partial charge in [-0.05, 0) is 26.0 Å². The summed E-state index contributed by atoms with van der Waals surface area (Å²) in [4.78, 5) is 16.3. The van der Waals surface area contributed by atoms with Gasteiger partial charge in [0.05, 0.1) is 24.5 Å². The van der Waals surface area contributed by atoms with E-state index >= 15 is 0 Å². The number of benzene rings is 1. The minimum absolute atomic E-state index is 0.120. The number of carbonyl (C=O) groups excluding carboxylic acids is 1. The first-order valence-electron chi connectivity index (χ1n) is 6.85. The average molecular weight is 345 g/mol. The van der Waals surface area contributed by atoms with Crippen LogP contribution in [0.2, 0.25) is 0 Å². The Morgan fingerprint density at radius 2 is 2.00 bits per heavy atom. The van der Waals surface area contributed by atoms with Gasteiger partial charge >= 0.3 is 12.1 Å². The fourth-order valence-corrected chi connectivity index (χ4v) is 2.75. The summed E-state index contributed by atoms with van der Waals surface area (Å²) in [6, 6.07) is 4.65. The Kier molecular flexibility index (Phi) is 5.25. The van der Waals surface area contributed by atoms with Gasteiger partial charge in [-0.15, -0.1) is 0 Å². The molecule has 8 heteroatoms. The smallest absolute Gasteiger partial charge is 0.416 e. The van der Waals surface area contributed by atoms with Crippen LogP contribution in [0.15, 0.2) is 24.3 Å². The summed E-state index contributed by atoms with van der Waals surface area (Å²) in [5, 5.41) is 0.211. The second kappa shape index (κ2) is 6.99. The van der Waals surface area contributed by atoms with Crippen LogP contribution >= 0.6 is 11.3 Å². The molecule has 0 unspecified atom stereocenters. The van der Waals surface area contributed by atoms with Crippen LogP contribution in [-0.2, 0) is 10.9 Å². The maximum absolute atomic E-state index is 12.9. The Morgan fingerprint density at radius 3 is 2.61 bits per heavy atom. The summed E-state index contributed by atoms with van der Waals surface area (Å²) in [6.07, 6.45) is -4.47. The van der Waals surface area contributed by atoms with Crippen LogP contribution in [0.1, 0.15) is 29.1 Å². The van der Waals surface area contributed by atoms with Crippen LogP contribution in [0.3, 0.4) is 0 Å². The van der Waals surface area contributed by atoms with Crippen molar-refractivity contribution >= 4 is 17.3 Å². The van der Waals surface area contributed by atoms with Gasteiger partial charge in [0.2, 0.25) is 0 Å². The summed E-state index contributed by atoms with van der Waals surface area (Å²) < 4.78 is 48.8. The molecule has 0 saturated heterocycles. The highest BCUT2D eigenvalue weighted by atomic mass is 32.1. The second-order valence-corrected chi connectivity index (χ2v) is 5.35. The lowest BCUT2D eigenvalue weighted by atomic mass is 10.1. The van der Waals surface area contributed by atoms with Gasteiger partial charge in [-0.1, -0.05) is 23.5 Å². The van der Waals surface area contributed by atoms with Crippen LogP contribution in [0.5, 0.6) is 5.19 Å². The Bertz CT molecular complexity index is 698. The van der Waals surface area contributed by atoms with Gasteiger partial charge in [0.25, 0.3) is 5.19 Å². The molecule has 1 aromatic heterocycles. The quantitative estimate of drug-likeness (QED) is 0.754. The lowest BCUT2D eigenvalue weighted by molar-refractivity contribution is -0.137. The summed E-state index contributed by atoms with van der Waals surface area (Å²) in [6.45, 7) is 3.88. The van der Waals surface area contributed by atoms with Crippen molar-refractivity contribution in [1.29, 1.82) is 0 Å². The zero-order chi connectivity index (χ0) is 17.0. The van der Waals surface area contributed by atoms with Crippen LogP contribution < -0.4 is 4.74 Å². The molecule has 0 atom stereocenters. The molecule has 0 aliphatic rings. The zero-order valence-corrected chi connectivity index (χ0v) is 13.3. The van der Waals surface area contributed by atoms with Gasteiger partial charge in [0.1, 0.15) is 4.88 Å². The molecular weight excluding hydrogens is 331 g/mol. The molecule has 0 aliphatic heterocycles. The fraction of sp³-hybridized carbons (Fsp3) is 0.333. The molecule has 0 aliphatic carbocycles. The van der Waals surface area contributed by atoms with E-state index in [1.54, 1.807) is 13.8 Å². The number of hydrogen-bond donors (Lipinski definition) is 0. The fourth-order valence-electron chi connectivity index (χ4n) is 1.86. The number of thiazole rings is 1. The molecular formula is C15H14F3NO3S. The third-order valence-electron chi connectivity index (χ3n) is 2.80. The van der Waals surface area contributed by atoms with Gasteiger partial charge < -0.3 is 9.47 Å². The minimum atomic E-state index is -4.47. The lowest BCUT2D eigenvalue weighted by Crippen LogP contribution is -2.06. The van der Waals surface area contributed by atoms with E-state index in [-0.39, 0.29) is 27.9 Å². The second-order valence-electron chi connectivity index (χ2n) is 4.39. The van der Waals surface area contributed by atoms with Crippen LogP contribution in [0, 0.1) is 0 Å². The monoisotopic (exact) mass is 345 g/mol. The molecule has 0 amide bonds. The van der Waals surface area contributed by atoms with E-state index in [4.69, 9.17) is 9.47 Å². The lowest BCUT2D eigenvalue weighted by Gasteiger charge is -2.08. The average Bonchev–Trinajstić information content (AvgIpc) is 2.91. The largest absolute Gasteiger partial charge is 0.470 e. The molecule has 0 radical (unpaired) electrons. The van der Waals surface area contributed by atoms with Crippen molar-refractivity contribution in [2.45, 2.75) is 20.0 Å². The first-order chi connectivity index (χ1) is 10.9. The van der Waals surface area contributed by atoms with Crippen LogP contribution in [0.4, 0.5) is 13.2 Å². The zero-order valence-electron chi connectivity index (χ0n) is 12.4. The van der Waals surface area contributed by atoms with Crippen molar-refractivity contribution in [2.24, 2.45) is 0 Å². The van der Waals surface area contributed by atoms with E-state index in [1.165, 1.54) is 12.1 Å². The molecule has 0 saturated carbocycles. The van der Waals surface area contributed by atoms with Crippen molar-refractivity contribution in [3.63, 3.8) is 0 Å². The molecule has 0 bridgehead atoms. The molecule has 2 rings (SSSR count). The molecule has 1 heterocycles. The first-order valence-corrected chi connectivity index (χ1v) is 7.66. The van der Waals surface area contributed by atoms with Crippen LogP contribution in [0.25, 0.3) is 11.3 Å². The van der Waals surface area contributed by atoms with E-state index in [2.05, 4.69) is 4.98 Å². The summed E-state index contributed by atoms with van der Waals surface area (Å²) in [5.74, 6) is -0.636. The Labute approximate surface area is 134 Å². The van der Waals surface area contributed by atoms with Gasteiger partial charge in [-0.3, -0.25) is 0 Å². The normalized spacial score (nSPS) is 11.3. The standard InChI is InChI=1S/C15H14F3NO3S/c1-3-21-13(20)12-11(19-14(23-12)22-4-2)9-6-5-7-10(8-9)15(16,17)18/h5-8H,3-4H2,1-2H3. The molecule has 124 valence electrons. The number of hydrogen-bond acceptors (Lipinski definition) is 5. The summed E-state index contributed by atoms with van der Waals surface area (Å²) in [7, 11) is 0. The number of ether oxygens (including phenoxy) is 2. The summed E-state index contributed by atoms with van der Waals surface area (Å²) >= 11 is 0.951. The molecule has 0 spiro atoms. The number of nitrogens with zero attached hydrogens (tertiary/aromatic N) is 1. The van der Waals surface area contributed by atoms with Crippen molar-refractivity contribution in [3.05, 3.63) is 34.7 Å². The van der Waals surface area contributed by atoms with Gasteiger partial charge in [-0.2, -0.15) is 13.2 Å². The number of alkyl halides is 3. The third kappa shape index (κ3) is 4.01. The number of halogens is 3. The number of aromatic nitrogens is 1. The summed E-state index contributed by atoms with van der Waals surface area (Å²) in [5.41, 5.74) is -0.496. The van der Waals surface area contributed by atoms with Crippen LogP contribution in [-0.4, -0.2) is 24.2 Å². The highest BCUT2D eigenvalue weighted by molar-refractivity contribution is 7.15. The predicted octanol–water partition coefficient (Wildman–Crippen LogP) is 4.40. The van der Waals surface area contributed by atoms with Crippen molar-refractivity contribution in [3.8, 4) is 16.5 Å². The van der Waals surface area contributed by atoms with Crippen molar-refractivity contribution < 1.29 is 27.4 Å². The van der Waals surface area contributed by atoms with Crippen molar-refractivity contribution in [1.82, 2.24) is 4.98 Å². The van der Waals surface area contributed by atoms with Crippen molar-refractivity contribution in [2.75, 3.05) is 13.2 Å². The minimum Gasteiger partial charge on any atom is -0.470 e. The van der Waals surface area contributed by atoms with E-state index in [0.717, 1.165) is 23.5 Å². The van der Waals surface area contributed by atoms with Gasteiger partial charge in [0, 0.05) is 5.56 Å².